The summed E-state index contributed by atoms with van der Waals surface area (Å²) in [4.78, 5) is 4.14. The summed E-state index contributed by atoms with van der Waals surface area (Å²) in [5, 5.41) is 4.12. The van der Waals surface area contributed by atoms with Gasteiger partial charge in [0, 0.05) is 31.0 Å². The van der Waals surface area contributed by atoms with Gasteiger partial charge in [0.2, 0.25) is 5.88 Å². The van der Waals surface area contributed by atoms with E-state index in [1.54, 1.807) is 18.0 Å². The summed E-state index contributed by atoms with van der Waals surface area (Å²) < 4.78 is 6.96. The predicted octanol–water partition coefficient (Wildman–Crippen LogP) is 1.07. The van der Waals surface area contributed by atoms with Crippen LogP contribution in [-0.2, 0) is 13.5 Å². The molecule has 0 radical (unpaired) electrons. The van der Waals surface area contributed by atoms with E-state index in [2.05, 4.69) is 10.1 Å². The third kappa shape index (κ3) is 2.62. The lowest BCUT2D eigenvalue weighted by Crippen LogP contribution is -2.14. The number of aromatic nitrogens is 3. The Kier molecular flexibility index (Phi) is 3.39. The smallest absolute Gasteiger partial charge is 0.217 e. The molecule has 0 bridgehead atoms. The maximum absolute atomic E-state index is 6.16. The topological polar surface area (TPSA) is 66.0 Å². The van der Waals surface area contributed by atoms with Gasteiger partial charge in [0.05, 0.1) is 13.3 Å². The lowest BCUT2D eigenvalue weighted by atomic mass is 10.0. The lowest BCUT2D eigenvalue weighted by molar-refractivity contribution is 0.388. The van der Waals surface area contributed by atoms with Crippen molar-refractivity contribution in [1.82, 2.24) is 14.8 Å². The standard InChI is InChI=1S/C12H16N4O/c1-16-8-9(7-15-16)6-11(13)10-4-3-5-14-12(10)17-2/h3-5,7-8,11H,6,13H2,1-2H3. The van der Waals surface area contributed by atoms with Crippen LogP contribution >= 0.6 is 0 Å². The highest BCUT2D eigenvalue weighted by atomic mass is 16.5. The summed E-state index contributed by atoms with van der Waals surface area (Å²) >= 11 is 0. The van der Waals surface area contributed by atoms with Crippen molar-refractivity contribution in [3.63, 3.8) is 0 Å². The van der Waals surface area contributed by atoms with Gasteiger partial charge in [-0.25, -0.2) is 4.98 Å². The van der Waals surface area contributed by atoms with E-state index < -0.39 is 0 Å². The van der Waals surface area contributed by atoms with Gasteiger partial charge in [0.15, 0.2) is 0 Å². The fourth-order valence-corrected chi connectivity index (χ4v) is 1.80. The molecule has 0 aliphatic heterocycles. The molecule has 2 aromatic rings. The van der Waals surface area contributed by atoms with E-state index >= 15 is 0 Å². The van der Waals surface area contributed by atoms with Crippen molar-refractivity contribution >= 4 is 0 Å². The molecule has 2 N–H and O–H groups in total. The fourth-order valence-electron chi connectivity index (χ4n) is 1.80. The SMILES string of the molecule is COc1ncccc1C(N)Cc1cnn(C)c1. The molecule has 1 unspecified atom stereocenters. The maximum atomic E-state index is 6.16. The quantitative estimate of drug-likeness (QED) is 0.856. The molecule has 0 aromatic carbocycles. The van der Waals surface area contributed by atoms with E-state index in [4.69, 9.17) is 10.5 Å². The zero-order valence-electron chi connectivity index (χ0n) is 10.00. The summed E-state index contributed by atoms with van der Waals surface area (Å²) in [6.45, 7) is 0. The van der Waals surface area contributed by atoms with E-state index in [1.165, 1.54) is 0 Å². The number of rotatable bonds is 4. The Labute approximate surface area is 100 Å². The van der Waals surface area contributed by atoms with Crippen LogP contribution in [-0.4, -0.2) is 21.9 Å². The Morgan fingerprint density at radius 1 is 1.53 bits per heavy atom. The van der Waals surface area contributed by atoms with E-state index in [-0.39, 0.29) is 6.04 Å². The van der Waals surface area contributed by atoms with Gasteiger partial charge >= 0.3 is 0 Å². The highest BCUT2D eigenvalue weighted by Gasteiger charge is 2.13. The van der Waals surface area contributed by atoms with Gasteiger partial charge in [-0.1, -0.05) is 6.07 Å². The summed E-state index contributed by atoms with van der Waals surface area (Å²) in [6.07, 6.45) is 6.19. The van der Waals surface area contributed by atoms with Crippen LogP contribution in [0, 0.1) is 0 Å². The number of hydrogen-bond acceptors (Lipinski definition) is 4. The van der Waals surface area contributed by atoms with Crippen molar-refractivity contribution in [2.45, 2.75) is 12.5 Å². The number of hydrogen-bond donors (Lipinski definition) is 1. The van der Waals surface area contributed by atoms with Gasteiger partial charge in [-0.3, -0.25) is 4.68 Å². The van der Waals surface area contributed by atoms with Crippen LogP contribution in [0.3, 0.4) is 0 Å². The van der Waals surface area contributed by atoms with Crippen LogP contribution < -0.4 is 10.5 Å². The van der Waals surface area contributed by atoms with Gasteiger partial charge < -0.3 is 10.5 Å². The summed E-state index contributed by atoms with van der Waals surface area (Å²) in [7, 11) is 3.49. The number of aryl methyl sites for hydroxylation is 1. The number of pyridine rings is 1. The molecule has 2 aromatic heterocycles. The fraction of sp³-hybridized carbons (Fsp3) is 0.333. The number of nitrogens with two attached hydrogens (primary N) is 1. The number of ether oxygens (including phenoxy) is 1. The first-order valence-corrected chi connectivity index (χ1v) is 5.42. The van der Waals surface area contributed by atoms with Crippen LogP contribution in [0.25, 0.3) is 0 Å². The highest BCUT2D eigenvalue weighted by molar-refractivity contribution is 5.29. The average Bonchev–Trinajstić information content (AvgIpc) is 2.74. The minimum Gasteiger partial charge on any atom is -0.481 e. The first-order valence-electron chi connectivity index (χ1n) is 5.42. The molecule has 1 atom stereocenters. The molecular weight excluding hydrogens is 216 g/mol. The third-order valence-electron chi connectivity index (χ3n) is 2.61. The molecular formula is C12H16N4O. The van der Waals surface area contributed by atoms with Gasteiger partial charge in [-0.2, -0.15) is 5.10 Å². The van der Waals surface area contributed by atoms with Gasteiger partial charge in [-0.15, -0.1) is 0 Å². The second kappa shape index (κ2) is 4.97. The van der Waals surface area contributed by atoms with E-state index in [0.717, 1.165) is 17.5 Å². The lowest BCUT2D eigenvalue weighted by Gasteiger charge is -2.13. The van der Waals surface area contributed by atoms with Crippen molar-refractivity contribution < 1.29 is 4.74 Å². The third-order valence-corrected chi connectivity index (χ3v) is 2.61. The Balaban J connectivity index is 2.16. The number of methoxy groups -OCH3 is 1. The zero-order chi connectivity index (χ0) is 12.3. The summed E-state index contributed by atoms with van der Waals surface area (Å²) in [5.41, 5.74) is 8.17. The first-order chi connectivity index (χ1) is 8.20. The predicted molar refractivity (Wildman–Crippen MR) is 64.6 cm³/mol. The molecule has 0 aliphatic rings. The van der Waals surface area contributed by atoms with Crippen LogP contribution in [0.4, 0.5) is 0 Å². The van der Waals surface area contributed by atoms with Gasteiger partial charge in [0.25, 0.3) is 0 Å². The van der Waals surface area contributed by atoms with E-state index in [0.29, 0.717) is 5.88 Å². The Hall–Kier alpha value is -1.88. The maximum Gasteiger partial charge on any atom is 0.217 e. The largest absolute Gasteiger partial charge is 0.481 e. The summed E-state index contributed by atoms with van der Waals surface area (Å²) in [5.74, 6) is 0.587. The normalized spacial score (nSPS) is 12.4. The molecule has 0 aliphatic carbocycles. The van der Waals surface area contributed by atoms with Gasteiger partial charge in [-0.05, 0) is 18.1 Å². The molecule has 0 spiro atoms. The average molecular weight is 232 g/mol. The number of nitrogens with zero attached hydrogens (tertiary/aromatic N) is 3. The van der Waals surface area contributed by atoms with Crippen LogP contribution in [0.5, 0.6) is 5.88 Å². The monoisotopic (exact) mass is 232 g/mol. The molecule has 0 saturated heterocycles. The van der Waals surface area contributed by atoms with Gasteiger partial charge in [0.1, 0.15) is 0 Å². The first kappa shape index (κ1) is 11.6. The van der Waals surface area contributed by atoms with Crippen molar-refractivity contribution in [3.8, 4) is 5.88 Å². The molecule has 2 heterocycles. The molecule has 5 nitrogen and oxygen atoms in total. The highest BCUT2D eigenvalue weighted by Crippen LogP contribution is 2.23. The molecule has 0 amide bonds. The van der Waals surface area contributed by atoms with Crippen molar-refractivity contribution in [2.24, 2.45) is 12.8 Å². The Morgan fingerprint density at radius 3 is 3.00 bits per heavy atom. The summed E-state index contributed by atoms with van der Waals surface area (Å²) in [6, 6.07) is 3.66. The van der Waals surface area contributed by atoms with Crippen molar-refractivity contribution in [2.75, 3.05) is 7.11 Å². The van der Waals surface area contributed by atoms with Crippen LogP contribution in [0.1, 0.15) is 17.2 Å². The minimum absolute atomic E-state index is 0.136. The second-order valence-electron chi connectivity index (χ2n) is 3.93. The molecule has 90 valence electrons. The van der Waals surface area contributed by atoms with E-state index in [1.807, 2.05) is 31.6 Å². The van der Waals surface area contributed by atoms with E-state index in [9.17, 15) is 0 Å². The molecule has 0 saturated carbocycles. The zero-order valence-corrected chi connectivity index (χ0v) is 10.00. The Bertz CT molecular complexity index is 495. The second-order valence-corrected chi connectivity index (χ2v) is 3.93. The molecule has 2 rings (SSSR count). The molecule has 5 heteroatoms. The van der Waals surface area contributed by atoms with Crippen molar-refractivity contribution in [1.29, 1.82) is 0 Å². The van der Waals surface area contributed by atoms with Crippen molar-refractivity contribution in [3.05, 3.63) is 41.9 Å². The molecule has 0 fully saturated rings. The molecule has 17 heavy (non-hydrogen) atoms. The van der Waals surface area contributed by atoms with Crippen LogP contribution in [0.2, 0.25) is 0 Å². The minimum atomic E-state index is -0.136. The van der Waals surface area contributed by atoms with Crippen LogP contribution in [0.15, 0.2) is 30.7 Å². The Morgan fingerprint density at radius 2 is 2.35 bits per heavy atom.